The second kappa shape index (κ2) is 7.48. The summed E-state index contributed by atoms with van der Waals surface area (Å²) in [4.78, 5) is 1.88. The lowest BCUT2D eigenvalue weighted by Gasteiger charge is -2.20. The van der Waals surface area contributed by atoms with Gasteiger partial charge >= 0.3 is 0 Å². The fourth-order valence-corrected chi connectivity index (χ4v) is 1.83. The molecule has 0 fully saturated rings. The summed E-state index contributed by atoms with van der Waals surface area (Å²) in [6, 6.07) is 6.75. The van der Waals surface area contributed by atoms with Crippen LogP contribution in [0.2, 0.25) is 5.02 Å². The van der Waals surface area contributed by atoms with Gasteiger partial charge < -0.3 is 10.2 Å². The zero-order valence-corrected chi connectivity index (χ0v) is 11.1. The van der Waals surface area contributed by atoms with Gasteiger partial charge in [0.1, 0.15) is 11.5 Å². The first kappa shape index (κ1) is 15.1. The van der Waals surface area contributed by atoms with E-state index in [1.165, 1.54) is 12.1 Å². The highest BCUT2D eigenvalue weighted by atomic mass is 35.5. The molecule has 19 heavy (non-hydrogen) atoms. The number of nitrogens with zero attached hydrogens (tertiary/aromatic N) is 3. The van der Waals surface area contributed by atoms with E-state index in [1.807, 2.05) is 17.0 Å². The largest absolute Gasteiger partial charge is 0.507 e. The highest BCUT2D eigenvalue weighted by Gasteiger charge is 2.11. The lowest BCUT2D eigenvalue weighted by Crippen LogP contribution is -2.25. The van der Waals surface area contributed by atoms with Crippen molar-refractivity contribution in [3.05, 3.63) is 22.7 Å². The summed E-state index contributed by atoms with van der Waals surface area (Å²) in [5.74, 6) is -0.232. The standard InChI is InChI=1S/C13H14ClN3O2/c14-11-7-10(12(18)8-13(11)19)9-17(5-1-3-15)6-2-4-16/h7-8,18-19H,1-2,5-6,9H2. The van der Waals surface area contributed by atoms with Crippen molar-refractivity contribution in [3.63, 3.8) is 0 Å². The molecule has 0 aromatic heterocycles. The Morgan fingerprint density at radius 3 is 2.16 bits per heavy atom. The maximum Gasteiger partial charge on any atom is 0.137 e. The summed E-state index contributed by atoms with van der Waals surface area (Å²) in [7, 11) is 0. The molecule has 6 heteroatoms. The predicted octanol–water partition coefficient (Wildman–Crippen LogP) is 2.38. The quantitative estimate of drug-likeness (QED) is 0.834. The molecular weight excluding hydrogens is 266 g/mol. The van der Waals surface area contributed by atoms with E-state index in [4.69, 9.17) is 22.1 Å². The number of rotatable bonds is 6. The molecule has 0 radical (unpaired) electrons. The number of hydrogen-bond acceptors (Lipinski definition) is 5. The molecular formula is C13H14ClN3O2. The van der Waals surface area contributed by atoms with Crippen LogP contribution in [0.1, 0.15) is 18.4 Å². The van der Waals surface area contributed by atoms with Crippen LogP contribution in [-0.4, -0.2) is 28.2 Å². The van der Waals surface area contributed by atoms with Crippen LogP contribution in [0.3, 0.4) is 0 Å². The molecule has 1 aromatic rings. The van der Waals surface area contributed by atoms with Crippen LogP contribution < -0.4 is 0 Å². The van der Waals surface area contributed by atoms with Crippen molar-refractivity contribution in [1.29, 1.82) is 10.5 Å². The van der Waals surface area contributed by atoms with Crippen molar-refractivity contribution in [2.75, 3.05) is 13.1 Å². The van der Waals surface area contributed by atoms with Crippen molar-refractivity contribution in [3.8, 4) is 23.6 Å². The van der Waals surface area contributed by atoms with Crippen LogP contribution in [0, 0.1) is 22.7 Å². The van der Waals surface area contributed by atoms with Gasteiger partial charge in [0.05, 0.1) is 17.2 Å². The topological polar surface area (TPSA) is 91.3 Å². The molecule has 0 saturated carbocycles. The van der Waals surface area contributed by atoms with Crippen molar-refractivity contribution in [1.82, 2.24) is 4.90 Å². The number of phenols is 2. The number of aromatic hydroxyl groups is 2. The SMILES string of the molecule is N#CCCN(CCC#N)Cc1cc(Cl)c(O)cc1O. The summed E-state index contributed by atoms with van der Waals surface area (Å²) >= 11 is 5.79. The minimum atomic E-state index is -0.177. The predicted molar refractivity (Wildman–Crippen MR) is 70.5 cm³/mol. The van der Waals surface area contributed by atoms with Crippen LogP contribution in [0.5, 0.6) is 11.5 Å². The fraction of sp³-hybridized carbons (Fsp3) is 0.385. The third kappa shape index (κ3) is 4.67. The Kier molecular flexibility index (Phi) is 5.95. The zero-order chi connectivity index (χ0) is 14.3. The van der Waals surface area contributed by atoms with Gasteiger partial charge in [0.2, 0.25) is 0 Å². The third-order valence-corrected chi connectivity index (χ3v) is 2.92. The molecule has 100 valence electrons. The van der Waals surface area contributed by atoms with Crippen molar-refractivity contribution < 1.29 is 10.2 Å². The van der Waals surface area contributed by atoms with Crippen molar-refractivity contribution in [2.24, 2.45) is 0 Å². The molecule has 0 spiro atoms. The molecule has 0 saturated heterocycles. The summed E-state index contributed by atoms with van der Waals surface area (Å²) in [5.41, 5.74) is 0.554. The smallest absolute Gasteiger partial charge is 0.137 e. The molecule has 0 atom stereocenters. The average molecular weight is 280 g/mol. The van der Waals surface area contributed by atoms with Crippen molar-refractivity contribution >= 4 is 11.6 Å². The first-order valence-electron chi connectivity index (χ1n) is 5.75. The maximum absolute atomic E-state index is 9.74. The normalized spacial score (nSPS) is 10.1. The van der Waals surface area contributed by atoms with Gasteiger partial charge in [0, 0.05) is 44.1 Å². The Hall–Kier alpha value is -1.95. The number of hydrogen-bond donors (Lipinski definition) is 2. The molecule has 1 rings (SSSR count). The Labute approximate surface area is 116 Å². The zero-order valence-electron chi connectivity index (χ0n) is 10.3. The lowest BCUT2D eigenvalue weighted by atomic mass is 10.1. The number of phenolic OH excluding ortho intramolecular Hbond substituents is 2. The van der Waals surface area contributed by atoms with Gasteiger partial charge in [-0.1, -0.05) is 11.6 Å². The van der Waals surface area contributed by atoms with E-state index in [2.05, 4.69) is 0 Å². The molecule has 0 aliphatic rings. The third-order valence-electron chi connectivity index (χ3n) is 2.62. The Bertz CT molecular complexity index is 502. The second-order valence-electron chi connectivity index (χ2n) is 4.02. The molecule has 1 aromatic carbocycles. The van der Waals surface area contributed by atoms with Gasteiger partial charge in [-0.05, 0) is 6.07 Å². The van der Waals surface area contributed by atoms with Crippen LogP contribution in [-0.2, 0) is 6.54 Å². The van der Waals surface area contributed by atoms with Gasteiger partial charge in [-0.25, -0.2) is 0 Å². The van der Waals surface area contributed by atoms with Gasteiger partial charge in [0.15, 0.2) is 0 Å². The Balaban J connectivity index is 2.80. The van der Waals surface area contributed by atoms with Crippen LogP contribution in [0.15, 0.2) is 12.1 Å². The summed E-state index contributed by atoms with van der Waals surface area (Å²) in [5, 5.41) is 36.4. The Morgan fingerprint density at radius 1 is 1.05 bits per heavy atom. The fourth-order valence-electron chi connectivity index (χ4n) is 1.65. The average Bonchev–Trinajstić information content (AvgIpc) is 2.38. The minimum Gasteiger partial charge on any atom is -0.507 e. The summed E-state index contributed by atoms with van der Waals surface area (Å²) in [6.45, 7) is 1.39. The molecule has 0 unspecified atom stereocenters. The molecule has 0 aliphatic carbocycles. The molecule has 0 aliphatic heterocycles. The summed E-state index contributed by atoms with van der Waals surface area (Å²) in [6.07, 6.45) is 0.690. The van der Waals surface area contributed by atoms with Gasteiger partial charge in [-0.15, -0.1) is 0 Å². The van der Waals surface area contributed by atoms with E-state index in [9.17, 15) is 10.2 Å². The molecule has 5 nitrogen and oxygen atoms in total. The highest BCUT2D eigenvalue weighted by Crippen LogP contribution is 2.31. The first-order chi connectivity index (χ1) is 9.08. The van der Waals surface area contributed by atoms with Gasteiger partial charge in [0.25, 0.3) is 0 Å². The highest BCUT2D eigenvalue weighted by molar-refractivity contribution is 6.32. The van der Waals surface area contributed by atoms with Crippen LogP contribution in [0.4, 0.5) is 0 Å². The van der Waals surface area contributed by atoms with E-state index in [1.54, 1.807) is 0 Å². The van der Waals surface area contributed by atoms with E-state index in [0.29, 0.717) is 38.0 Å². The molecule has 0 amide bonds. The lowest BCUT2D eigenvalue weighted by molar-refractivity contribution is 0.273. The van der Waals surface area contributed by atoms with Crippen molar-refractivity contribution in [2.45, 2.75) is 19.4 Å². The monoisotopic (exact) mass is 279 g/mol. The number of nitriles is 2. The number of benzene rings is 1. The van der Waals surface area contributed by atoms with E-state index >= 15 is 0 Å². The van der Waals surface area contributed by atoms with E-state index in [-0.39, 0.29) is 16.5 Å². The van der Waals surface area contributed by atoms with Gasteiger partial charge in [-0.2, -0.15) is 10.5 Å². The van der Waals surface area contributed by atoms with Gasteiger partial charge in [-0.3, -0.25) is 4.90 Å². The molecule has 0 heterocycles. The molecule has 2 N–H and O–H groups in total. The van der Waals surface area contributed by atoms with E-state index in [0.717, 1.165) is 0 Å². The maximum atomic E-state index is 9.74. The second-order valence-corrected chi connectivity index (χ2v) is 4.43. The van der Waals surface area contributed by atoms with Crippen LogP contribution >= 0.6 is 11.6 Å². The number of halogens is 1. The first-order valence-corrected chi connectivity index (χ1v) is 6.13. The molecule has 0 bridgehead atoms. The minimum absolute atomic E-state index is 0.0548. The van der Waals surface area contributed by atoms with E-state index < -0.39 is 0 Å². The Morgan fingerprint density at radius 2 is 1.63 bits per heavy atom. The summed E-state index contributed by atoms with van der Waals surface area (Å²) < 4.78 is 0. The van der Waals surface area contributed by atoms with Crippen LogP contribution in [0.25, 0.3) is 0 Å².